The molecule has 0 saturated carbocycles. The summed E-state index contributed by atoms with van der Waals surface area (Å²) in [6, 6.07) is 6.96. The summed E-state index contributed by atoms with van der Waals surface area (Å²) < 4.78 is 5.93. The lowest BCUT2D eigenvalue weighted by Crippen LogP contribution is -2.07. The van der Waals surface area contributed by atoms with Gasteiger partial charge in [0, 0.05) is 12.6 Å². The van der Waals surface area contributed by atoms with Crippen LogP contribution in [0.15, 0.2) is 34.9 Å². The molecule has 0 aliphatic rings. The van der Waals surface area contributed by atoms with Crippen molar-refractivity contribution in [2.75, 3.05) is 7.11 Å². The first-order valence-corrected chi connectivity index (χ1v) is 7.23. The summed E-state index contributed by atoms with van der Waals surface area (Å²) in [6.45, 7) is 0. The first kappa shape index (κ1) is 15.3. The number of hydrogen-bond donors (Lipinski definition) is 0. The molecule has 0 amide bonds. The van der Waals surface area contributed by atoms with Crippen molar-refractivity contribution in [1.82, 2.24) is 4.98 Å². The molecule has 2 aromatic rings. The van der Waals surface area contributed by atoms with Gasteiger partial charge in [-0.2, -0.15) is 0 Å². The van der Waals surface area contributed by atoms with Gasteiger partial charge in [0.05, 0.1) is 21.6 Å². The van der Waals surface area contributed by atoms with Crippen molar-refractivity contribution in [3.63, 3.8) is 0 Å². The molecule has 2 rings (SSSR count). The Kier molecular flexibility index (Phi) is 5.02. The van der Waals surface area contributed by atoms with E-state index in [0.717, 1.165) is 10.0 Å². The molecule has 0 aliphatic carbocycles. The second-order valence-electron chi connectivity index (χ2n) is 4.05. The molecule has 0 bridgehead atoms. The van der Waals surface area contributed by atoms with Crippen molar-refractivity contribution in [2.24, 2.45) is 0 Å². The van der Waals surface area contributed by atoms with Crippen LogP contribution in [0.1, 0.15) is 16.1 Å². The largest absolute Gasteiger partial charge is 0.496 e. The molecule has 0 radical (unpaired) electrons. The van der Waals surface area contributed by atoms with Crippen molar-refractivity contribution in [2.45, 2.75) is 6.42 Å². The van der Waals surface area contributed by atoms with E-state index in [1.165, 1.54) is 12.3 Å². The second kappa shape index (κ2) is 6.57. The number of benzene rings is 1. The summed E-state index contributed by atoms with van der Waals surface area (Å²) in [5.41, 5.74) is 1.07. The Morgan fingerprint density at radius 2 is 2.10 bits per heavy atom. The minimum atomic E-state index is -0.163. The third kappa shape index (κ3) is 3.51. The van der Waals surface area contributed by atoms with E-state index in [1.54, 1.807) is 13.2 Å². The number of ketones is 1. The summed E-state index contributed by atoms with van der Waals surface area (Å²) in [5, 5.41) is 0.661. The molecule has 1 heterocycles. The molecule has 0 fully saturated rings. The van der Waals surface area contributed by atoms with Gasteiger partial charge in [-0.25, -0.2) is 4.98 Å². The van der Waals surface area contributed by atoms with E-state index in [9.17, 15) is 4.79 Å². The van der Waals surface area contributed by atoms with Gasteiger partial charge >= 0.3 is 0 Å². The van der Waals surface area contributed by atoms with Gasteiger partial charge in [0.2, 0.25) is 0 Å². The average Bonchev–Trinajstić information content (AvgIpc) is 2.38. The quantitative estimate of drug-likeness (QED) is 0.735. The van der Waals surface area contributed by atoms with Crippen molar-refractivity contribution in [1.29, 1.82) is 0 Å². The summed E-state index contributed by atoms with van der Waals surface area (Å²) >= 11 is 15.1. The third-order valence-corrected chi connectivity index (χ3v) is 3.77. The Hall–Kier alpha value is -1.10. The predicted octanol–water partition coefficient (Wildman–Crippen LogP) is 4.58. The van der Waals surface area contributed by atoms with E-state index in [4.69, 9.17) is 27.9 Å². The molecule has 104 valence electrons. The maximum atomic E-state index is 12.2. The fourth-order valence-electron chi connectivity index (χ4n) is 1.71. The molecule has 0 unspecified atom stereocenters. The molecular formula is C14H10BrCl2NO2. The van der Waals surface area contributed by atoms with Crippen LogP contribution < -0.4 is 4.74 Å². The van der Waals surface area contributed by atoms with Crippen LogP contribution in [0, 0.1) is 0 Å². The minimum Gasteiger partial charge on any atom is -0.496 e. The smallest absolute Gasteiger partial charge is 0.187 e. The van der Waals surface area contributed by atoms with E-state index >= 15 is 0 Å². The number of halogens is 3. The minimum absolute atomic E-state index is 0.163. The van der Waals surface area contributed by atoms with Crippen LogP contribution in [0.5, 0.6) is 5.75 Å². The van der Waals surface area contributed by atoms with Gasteiger partial charge in [-0.15, -0.1) is 0 Å². The summed E-state index contributed by atoms with van der Waals surface area (Å²) in [5.74, 6) is 0.549. The van der Waals surface area contributed by atoms with E-state index in [1.807, 2.05) is 12.1 Å². The van der Waals surface area contributed by atoms with Crippen LogP contribution in [0.4, 0.5) is 0 Å². The van der Waals surface area contributed by atoms with E-state index in [0.29, 0.717) is 10.8 Å². The van der Waals surface area contributed by atoms with E-state index < -0.39 is 0 Å². The number of hydrogen-bond acceptors (Lipinski definition) is 3. The lowest BCUT2D eigenvalue weighted by molar-refractivity contribution is 0.0988. The van der Waals surface area contributed by atoms with Crippen LogP contribution in [-0.2, 0) is 6.42 Å². The van der Waals surface area contributed by atoms with Gasteiger partial charge in [0.15, 0.2) is 5.78 Å². The van der Waals surface area contributed by atoms with Gasteiger partial charge in [0.1, 0.15) is 11.4 Å². The number of carbonyl (C=O) groups is 1. The highest BCUT2D eigenvalue weighted by Gasteiger charge is 2.14. The zero-order valence-corrected chi connectivity index (χ0v) is 13.6. The number of pyridine rings is 1. The molecule has 0 aliphatic heterocycles. The van der Waals surface area contributed by atoms with Gasteiger partial charge < -0.3 is 4.74 Å². The fraction of sp³-hybridized carbons (Fsp3) is 0.143. The maximum Gasteiger partial charge on any atom is 0.187 e. The molecular weight excluding hydrogens is 365 g/mol. The Balaban J connectivity index is 2.21. The number of Topliss-reactive ketones (excluding diaryl/α,β-unsaturated/α-hetero) is 1. The molecule has 20 heavy (non-hydrogen) atoms. The second-order valence-corrected chi connectivity index (χ2v) is 5.75. The zero-order chi connectivity index (χ0) is 14.7. The highest BCUT2D eigenvalue weighted by atomic mass is 79.9. The van der Waals surface area contributed by atoms with Gasteiger partial charge in [-0.1, -0.05) is 29.3 Å². The van der Waals surface area contributed by atoms with Crippen LogP contribution in [0.2, 0.25) is 10.0 Å². The first-order chi connectivity index (χ1) is 9.51. The molecule has 1 aromatic carbocycles. The highest BCUT2D eigenvalue weighted by Crippen LogP contribution is 2.26. The Morgan fingerprint density at radius 3 is 2.70 bits per heavy atom. The third-order valence-electron chi connectivity index (χ3n) is 2.65. The normalized spacial score (nSPS) is 10.4. The number of ether oxygens (including phenoxy) is 1. The van der Waals surface area contributed by atoms with Crippen molar-refractivity contribution < 1.29 is 9.53 Å². The van der Waals surface area contributed by atoms with Crippen molar-refractivity contribution >= 4 is 44.9 Å². The maximum absolute atomic E-state index is 12.2. The van der Waals surface area contributed by atoms with Crippen LogP contribution >= 0.6 is 39.1 Å². The van der Waals surface area contributed by atoms with Crippen molar-refractivity contribution in [3.05, 3.63) is 56.2 Å². The Labute approximate surface area is 135 Å². The van der Waals surface area contributed by atoms with Gasteiger partial charge in [0.25, 0.3) is 0 Å². The lowest BCUT2D eigenvalue weighted by atomic mass is 10.1. The summed E-state index contributed by atoms with van der Waals surface area (Å²) in [4.78, 5) is 16.2. The van der Waals surface area contributed by atoms with E-state index in [2.05, 4.69) is 20.9 Å². The Morgan fingerprint density at radius 1 is 1.35 bits per heavy atom. The molecule has 0 saturated heterocycles. The molecule has 3 nitrogen and oxygen atoms in total. The predicted molar refractivity (Wildman–Crippen MR) is 83.0 cm³/mol. The number of nitrogens with zero attached hydrogens (tertiary/aromatic N) is 1. The standard InChI is InChI=1S/C14H10BrCl2NO2/c1-20-13-3-2-8(4-10(13)15)5-12(19)14-11(17)6-9(16)7-18-14/h2-4,6-7H,5H2,1H3. The number of aromatic nitrogens is 1. The monoisotopic (exact) mass is 373 g/mol. The zero-order valence-electron chi connectivity index (χ0n) is 10.5. The molecule has 0 spiro atoms. The lowest BCUT2D eigenvalue weighted by Gasteiger charge is -2.06. The van der Waals surface area contributed by atoms with E-state index in [-0.39, 0.29) is 22.9 Å². The first-order valence-electron chi connectivity index (χ1n) is 5.68. The van der Waals surface area contributed by atoms with Gasteiger partial charge in [-0.3, -0.25) is 4.79 Å². The molecule has 6 heteroatoms. The van der Waals surface area contributed by atoms with Crippen LogP contribution in [0.25, 0.3) is 0 Å². The molecule has 1 aromatic heterocycles. The van der Waals surface area contributed by atoms with Crippen LogP contribution in [0.3, 0.4) is 0 Å². The number of carbonyl (C=O) groups excluding carboxylic acids is 1. The Bertz CT molecular complexity index is 662. The average molecular weight is 375 g/mol. The molecule has 0 atom stereocenters. The van der Waals surface area contributed by atoms with Crippen molar-refractivity contribution in [3.8, 4) is 5.75 Å². The highest BCUT2D eigenvalue weighted by molar-refractivity contribution is 9.10. The summed E-state index contributed by atoms with van der Waals surface area (Å²) in [6.07, 6.45) is 1.61. The SMILES string of the molecule is COc1ccc(CC(=O)c2ncc(Cl)cc2Cl)cc1Br. The number of rotatable bonds is 4. The summed E-state index contributed by atoms with van der Waals surface area (Å²) in [7, 11) is 1.59. The topological polar surface area (TPSA) is 39.2 Å². The van der Waals surface area contributed by atoms with Gasteiger partial charge in [-0.05, 0) is 39.7 Å². The fourth-order valence-corrected chi connectivity index (χ4v) is 2.78. The van der Waals surface area contributed by atoms with Crippen LogP contribution in [-0.4, -0.2) is 17.9 Å². The molecule has 0 N–H and O–H groups in total. The number of methoxy groups -OCH3 is 1.